The molecule has 0 saturated heterocycles. The Kier molecular flexibility index (Phi) is 3.71. The molecule has 0 spiro atoms. The Labute approximate surface area is 110 Å². The minimum atomic E-state index is -0.231. The number of rotatable bonds is 3. The third kappa shape index (κ3) is 2.73. The smallest absolute Gasteiger partial charge is 0.203 e. The average Bonchev–Trinajstić information content (AvgIpc) is 2.89. The summed E-state index contributed by atoms with van der Waals surface area (Å²) < 4.78 is 0. The van der Waals surface area contributed by atoms with Crippen molar-refractivity contribution in [2.24, 2.45) is 0 Å². The SMILES string of the molecule is Cc1ccc(C(=O)/C(C#N)=C/c2cccs2)cc1. The van der Waals surface area contributed by atoms with Crippen molar-refractivity contribution in [3.05, 3.63) is 63.4 Å². The van der Waals surface area contributed by atoms with Crippen LogP contribution in [-0.4, -0.2) is 5.78 Å². The molecule has 2 rings (SSSR count). The van der Waals surface area contributed by atoms with Crippen LogP contribution in [0.2, 0.25) is 0 Å². The minimum Gasteiger partial charge on any atom is -0.288 e. The molecular weight excluding hydrogens is 242 g/mol. The van der Waals surface area contributed by atoms with Gasteiger partial charge in [-0.3, -0.25) is 4.79 Å². The van der Waals surface area contributed by atoms with Crippen molar-refractivity contribution in [2.45, 2.75) is 6.92 Å². The van der Waals surface area contributed by atoms with Gasteiger partial charge in [-0.05, 0) is 24.4 Å². The van der Waals surface area contributed by atoms with E-state index in [1.165, 1.54) is 11.3 Å². The van der Waals surface area contributed by atoms with Crippen molar-refractivity contribution in [3.63, 3.8) is 0 Å². The van der Waals surface area contributed by atoms with Crippen LogP contribution in [0.25, 0.3) is 6.08 Å². The van der Waals surface area contributed by atoms with Crippen LogP contribution in [0.1, 0.15) is 20.8 Å². The van der Waals surface area contributed by atoms with Gasteiger partial charge >= 0.3 is 0 Å². The topological polar surface area (TPSA) is 40.9 Å². The number of aryl methyl sites for hydroxylation is 1. The van der Waals surface area contributed by atoms with Crippen LogP contribution >= 0.6 is 11.3 Å². The van der Waals surface area contributed by atoms with Gasteiger partial charge < -0.3 is 0 Å². The molecule has 1 aromatic heterocycles. The number of hydrogen-bond acceptors (Lipinski definition) is 3. The Balaban J connectivity index is 2.32. The Hall–Kier alpha value is -2.18. The molecule has 18 heavy (non-hydrogen) atoms. The lowest BCUT2D eigenvalue weighted by Gasteiger charge is -1.99. The van der Waals surface area contributed by atoms with Crippen LogP contribution in [0, 0.1) is 18.3 Å². The quantitative estimate of drug-likeness (QED) is 0.473. The zero-order valence-electron chi connectivity index (χ0n) is 9.88. The maximum absolute atomic E-state index is 12.1. The van der Waals surface area contributed by atoms with Gasteiger partial charge in [0.1, 0.15) is 11.6 Å². The van der Waals surface area contributed by atoms with E-state index in [4.69, 9.17) is 5.26 Å². The van der Waals surface area contributed by atoms with Gasteiger partial charge in [0.15, 0.2) is 0 Å². The summed E-state index contributed by atoms with van der Waals surface area (Å²) in [7, 11) is 0. The lowest BCUT2D eigenvalue weighted by atomic mass is 10.0. The van der Waals surface area contributed by atoms with Crippen molar-refractivity contribution in [1.29, 1.82) is 5.26 Å². The summed E-state index contributed by atoms with van der Waals surface area (Å²) in [5, 5.41) is 11.0. The summed E-state index contributed by atoms with van der Waals surface area (Å²) >= 11 is 1.50. The molecule has 0 bridgehead atoms. The number of nitriles is 1. The van der Waals surface area contributed by atoms with Gasteiger partial charge in [-0.1, -0.05) is 35.9 Å². The molecule has 0 atom stereocenters. The number of thiophene rings is 1. The maximum atomic E-state index is 12.1. The van der Waals surface area contributed by atoms with Crippen LogP contribution in [0.4, 0.5) is 0 Å². The largest absolute Gasteiger partial charge is 0.288 e. The normalized spacial score (nSPS) is 11.0. The zero-order chi connectivity index (χ0) is 13.0. The van der Waals surface area contributed by atoms with Gasteiger partial charge in [0.2, 0.25) is 5.78 Å². The van der Waals surface area contributed by atoms with Crippen molar-refractivity contribution in [1.82, 2.24) is 0 Å². The molecule has 0 amide bonds. The molecule has 1 heterocycles. The average molecular weight is 253 g/mol. The Morgan fingerprint density at radius 3 is 2.56 bits per heavy atom. The molecule has 0 radical (unpaired) electrons. The van der Waals surface area contributed by atoms with E-state index in [-0.39, 0.29) is 11.4 Å². The van der Waals surface area contributed by atoms with Crippen LogP contribution in [0.5, 0.6) is 0 Å². The monoisotopic (exact) mass is 253 g/mol. The van der Waals surface area contributed by atoms with Crippen molar-refractivity contribution in [2.75, 3.05) is 0 Å². The maximum Gasteiger partial charge on any atom is 0.203 e. The van der Waals surface area contributed by atoms with Gasteiger partial charge in [0.05, 0.1) is 0 Å². The van der Waals surface area contributed by atoms with Crippen molar-refractivity contribution < 1.29 is 4.79 Å². The van der Waals surface area contributed by atoms with Crippen LogP contribution in [0.15, 0.2) is 47.4 Å². The predicted molar refractivity (Wildman–Crippen MR) is 73.4 cm³/mol. The molecule has 0 aliphatic rings. The second kappa shape index (κ2) is 5.44. The number of allylic oxidation sites excluding steroid dienone is 1. The van der Waals surface area contributed by atoms with Crippen molar-refractivity contribution in [3.8, 4) is 6.07 Å². The Bertz CT molecular complexity index is 616. The highest BCUT2D eigenvalue weighted by Gasteiger charge is 2.11. The lowest BCUT2D eigenvalue weighted by molar-refractivity contribution is 0.104. The number of benzene rings is 1. The van der Waals surface area contributed by atoms with Crippen LogP contribution < -0.4 is 0 Å². The predicted octanol–water partition coefficient (Wildman–Crippen LogP) is 3.85. The molecule has 88 valence electrons. The Morgan fingerprint density at radius 2 is 2.00 bits per heavy atom. The first-order valence-corrected chi connectivity index (χ1v) is 6.35. The van der Waals surface area contributed by atoms with E-state index in [9.17, 15) is 4.79 Å². The fourth-order valence-electron chi connectivity index (χ4n) is 1.52. The molecule has 1 aromatic carbocycles. The summed E-state index contributed by atoms with van der Waals surface area (Å²) in [5.74, 6) is -0.231. The lowest BCUT2D eigenvalue weighted by Crippen LogP contribution is -2.01. The summed E-state index contributed by atoms with van der Waals surface area (Å²) in [4.78, 5) is 13.0. The van der Waals surface area contributed by atoms with E-state index in [1.54, 1.807) is 18.2 Å². The molecule has 0 unspecified atom stereocenters. The number of nitrogens with zero attached hydrogens (tertiary/aromatic N) is 1. The highest BCUT2D eigenvalue weighted by atomic mass is 32.1. The fourth-order valence-corrected chi connectivity index (χ4v) is 2.18. The minimum absolute atomic E-state index is 0.168. The zero-order valence-corrected chi connectivity index (χ0v) is 10.7. The van der Waals surface area contributed by atoms with E-state index in [0.717, 1.165) is 10.4 Å². The van der Waals surface area contributed by atoms with Gasteiger partial charge in [-0.25, -0.2) is 0 Å². The third-order valence-corrected chi connectivity index (χ3v) is 3.33. The second-order valence-electron chi connectivity index (χ2n) is 3.88. The summed E-state index contributed by atoms with van der Waals surface area (Å²) in [5.41, 5.74) is 1.80. The van der Waals surface area contributed by atoms with E-state index < -0.39 is 0 Å². The molecule has 0 aliphatic heterocycles. The number of ketones is 1. The number of hydrogen-bond donors (Lipinski definition) is 0. The highest BCUT2D eigenvalue weighted by Crippen LogP contribution is 2.16. The molecular formula is C15H11NOS. The summed E-state index contributed by atoms with van der Waals surface area (Å²) in [6, 6.07) is 13.0. The first-order valence-electron chi connectivity index (χ1n) is 5.47. The van der Waals surface area contributed by atoms with E-state index in [1.807, 2.05) is 42.6 Å². The first-order chi connectivity index (χ1) is 8.70. The van der Waals surface area contributed by atoms with E-state index in [0.29, 0.717) is 5.56 Å². The fraction of sp³-hybridized carbons (Fsp3) is 0.0667. The van der Waals surface area contributed by atoms with Crippen LogP contribution in [-0.2, 0) is 0 Å². The third-order valence-electron chi connectivity index (χ3n) is 2.51. The molecule has 0 saturated carbocycles. The Morgan fingerprint density at radius 1 is 1.28 bits per heavy atom. The molecule has 3 heteroatoms. The van der Waals surface area contributed by atoms with E-state index in [2.05, 4.69) is 0 Å². The molecule has 0 N–H and O–H groups in total. The number of carbonyl (C=O) groups is 1. The standard InChI is InChI=1S/C15H11NOS/c1-11-4-6-12(7-5-11)15(17)13(10-16)9-14-3-2-8-18-14/h2-9H,1H3/b13-9+. The van der Waals surface area contributed by atoms with Crippen molar-refractivity contribution >= 4 is 23.2 Å². The first kappa shape index (κ1) is 12.3. The molecule has 2 aromatic rings. The van der Waals surface area contributed by atoms with Gasteiger partial charge in [-0.15, -0.1) is 11.3 Å². The molecule has 0 fully saturated rings. The summed E-state index contributed by atoms with van der Waals surface area (Å²) in [6.45, 7) is 1.96. The molecule has 0 aliphatic carbocycles. The van der Waals surface area contributed by atoms with Gasteiger partial charge in [-0.2, -0.15) is 5.26 Å². The highest BCUT2D eigenvalue weighted by molar-refractivity contribution is 7.10. The summed E-state index contributed by atoms with van der Waals surface area (Å²) in [6.07, 6.45) is 1.63. The van der Waals surface area contributed by atoms with Crippen LogP contribution in [0.3, 0.4) is 0 Å². The number of carbonyl (C=O) groups excluding carboxylic acids is 1. The van der Waals surface area contributed by atoms with Gasteiger partial charge in [0, 0.05) is 10.4 Å². The number of Topliss-reactive ketones (excluding diaryl/α,β-unsaturated/α-hetero) is 1. The molecule has 2 nitrogen and oxygen atoms in total. The van der Waals surface area contributed by atoms with Gasteiger partial charge in [0.25, 0.3) is 0 Å². The second-order valence-corrected chi connectivity index (χ2v) is 4.86. The van der Waals surface area contributed by atoms with E-state index >= 15 is 0 Å².